The third-order valence-electron chi connectivity index (χ3n) is 3.53. The molecule has 6 heteroatoms. The first-order valence-corrected chi connectivity index (χ1v) is 7.13. The lowest BCUT2D eigenvalue weighted by Gasteiger charge is -2.07. The predicted octanol–water partition coefficient (Wildman–Crippen LogP) is 3.47. The third kappa shape index (κ3) is 2.19. The van der Waals surface area contributed by atoms with Crippen molar-refractivity contribution in [3.05, 3.63) is 45.2 Å². The van der Waals surface area contributed by atoms with E-state index >= 15 is 0 Å². The minimum Gasteiger partial charge on any atom is -0.319 e. The van der Waals surface area contributed by atoms with E-state index in [2.05, 4.69) is 10.4 Å². The number of benzene rings is 1. The van der Waals surface area contributed by atoms with Crippen molar-refractivity contribution >= 4 is 34.8 Å². The van der Waals surface area contributed by atoms with Crippen molar-refractivity contribution in [3.63, 3.8) is 0 Å². The van der Waals surface area contributed by atoms with E-state index in [-0.39, 0.29) is 5.91 Å². The second kappa shape index (κ2) is 5.11. The Labute approximate surface area is 126 Å². The molecule has 1 aliphatic carbocycles. The summed E-state index contributed by atoms with van der Waals surface area (Å²) in [5.41, 5.74) is 3.17. The van der Waals surface area contributed by atoms with Gasteiger partial charge >= 0.3 is 0 Å². The van der Waals surface area contributed by atoms with Gasteiger partial charge in [0.25, 0.3) is 5.91 Å². The van der Waals surface area contributed by atoms with Crippen LogP contribution in [-0.2, 0) is 19.9 Å². The molecule has 0 unspecified atom stereocenters. The van der Waals surface area contributed by atoms with E-state index in [4.69, 9.17) is 23.2 Å². The summed E-state index contributed by atoms with van der Waals surface area (Å²) in [5, 5.41) is 7.84. The highest BCUT2D eigenvalue weighted by Crippen LogP contribution is 2.31. The number of anilines is 1. The lowest BCUT2D eigenvalue weighted by atomic mass is 10.2. The minimum atomic E-state index is -0.243. The van der Waals surface area contributed by atoms with Gasteiger partial charge in [-0.1, -0.05) is 29.3 Å². The molecule has 2 aromatic rings. The number of carbonyl (C=O) groups is 1. The zero-order valence-corrected chi connectivity index (χ0v) is 12.4. The average Bonchev–Trinajstić information content (AvgIpc) is 2.99. The van der Waals surface area contributed by atoms with Crippen molar-refractivity contribution in [2.75, 3.05) is 5.32 Å². The molecule has 1 amide bonds. The summed E-state index contributed by atoms with van der Waals surface area (Å²) >= 11 is 12.0. The van der Waals surface area contributed by atoms with E-state index in [0.717, 1.165) is 30.5 Å². The Morgan fingerprint density at radius 1 is 1.35 bits per heavy atom. The zero-order valence-electron chi connectivity index (χ0n) is 10.9. The standard InChI is InChI=1S/C14H13Cl2N3O/c1-19-11-7-2-4-8(11)13(18-19)14(20)17-10-6-3-5-9(15)12(10)16/h3,5-6H,2,4,7H2,1H3,(H,17,20). The summed E-state index contributed by atoms with van der Waals surface area (Å²) in [5.74, 6) is -0.243. The molecule has 0 spiro atoms. The quantitative estimate of drug-likeness (QED) is 0.923. The van der Waals surface area contributed by atoms with Crippen LogP contribution in [0, 0.1) is 0 Å². The highest BCUT2D eigenvalue weighted by atomic mass is 35.5. The summed E-state index contributed by atoms with van der Waals surface area (Å²) in [4.78, 5) is 12.4. The summed E-state index contributed by atoms with van der Waals surface area (Å²) < 4.78 is 1.79. The number of rotatable bonds is 2. The Morgan fingerprint density at radius 3 is 2.95 bits per heavy atom. The number of amides is 1. The maximum atomic E-state index is 12.4. The number of aryl methyl sites for hydroxylation is 1. The van der Waals surface area contributed by atoms with E-state index in [0.29, 0.717) is 21.4 Å². The fraction of sp³-hybridized carbons (Fsp3) is 0.286. The van der Waals surface area contributed by atoms with E-state index in [9.17, 15) is 4.79 Å². The fourth-order valence-electron chi connectivity index (χ4n) is 2.57. The molecule has 0 bridgehead atoms. The zero-order chi connectivity index (χ0) is 14.3. The van der Waals surface area contributed by atoms with Crippen LogP contribution in [0.25, 0.3) is 0 Å². The smallest absolute Gasteiger partial charge is 0.276 e. The van der Waals surface area contributed by atoms with Crippen LogP contribution >= 0.6 is 23.2 Å². The van der Waals surface area contributed by atoms with Crippen LogP contribution in [0.5, 0.6) is 0 Å². The molecule has 104 valence electrons. The van der Waals surface area contributed by atoms with Crippen molar-refractivity contribution in [2.45, 2.75) is 19.3 Å². The monoisotopic (exact) mass is 309 g/mol. The van der Waals surface area contributed by atoms with Gasteiger partial charge in [-0.25, -0.2) is 0 Å². The van der Waals surface area contributed by atoms with E-state index in [1.165, 1.54) is 0 Å². The SMILES string of the molecule is Cn1nc(C(=O)Nc2cccc(Cl)c2Cl)c2c1CCC2. The maximum Gasteiger partial charge on any atom is 0.276 e. The van der Waals surface area contributed by atoms with Gasteiger partial charge < -0.3 is 5.32 Å². The van der Waals surface area contributed by atoms with Crippen LogP contribution in [0.15, 0.2) is 18.2 Å². The number of hydrogen-bond acceptors (Lipinski definition) is 2. The molecule has 0 radical (unpaired) electrons. The molecule has 0 saturated carbocycles. The fourth-order valence-corrected chi connectivity index (χ4v) is 2.92. The number of hydrogen-bond donors (Lipinski definition) is 1. The topological polar surface area (TPSA) is 46.9 Å². The molecule has 20 heavy (non-hydrogen) atoms. The number of carbonyl (C=O) groups excluding carboxylic acids is 1. The van der Waals surface area contributed by atoms with Gasteiger partial charge in [0.2, 0.25) is 0 Å². The van der Waals surface area contributed by atoms with Crippen LogP contribution in [0.3, 0.4) is 0 Å². The van der Waals surface area contributed by atoms with Crippen molar-refractivity contribution < 1.29 is 4.79 Å². The Morgan fingerprint density at radius 2 is 2.15 bits per heavy atom. The van der Waals surface area contributed by atoms with Crippen LogP contribution in [0.1, 0.15) is 28.2 Å². The largest absolute Gasteiger partial charge is 0.319 e. The molecule has 3 rings (SSSR count). The summed E-state index contributed by atoms with van der Waals surface area (Å²) in [6.45, 7) is 0. The molecule has 0 saturated heterocycles. The van der Waals surface area contributed by atoms with Gasteiger partial charge in [-0.15, -0.1) is 0 Å². The van der Waals surface area contributed by atoms with Crippen LogP contribution in [0.4, 0.5) is 5.69 Å². The number of halogens is 2. The summed E-state index contributed by atoms with van der Waals surface area (Å²) in [7, 11) is 1.87. The molecule has 1 aliphatic rings. The second-order valence-corrected chi connectivity index (χ2v) is 5.59. The van der Waals surface area contributed by atoms with Crippen LogP contribution < -0.4 is 5.32 Å². The van der Waals surface area contributed by atoms with Gasteiger partial charge in [0, 0.05) is 18.3 Å². The van der Waals surface area contributed by atoms with Crippen molar-refractivity contribution in [1.82, 2.24) is 9.78 Å². The Kier molecular flexibility index (Phi) is 3.44. The molecule has 4 nitrogen and oxygen atoms in total. The first kappa shape index (κ1) is 13.5. The molecular weight excluding hydrogens is 297 g/mol. The number of nitrogens with one attached hydrogen (secondary N) is 1. The first-order valence-electron chi connectivity index (χ1n) is 6.38. The molecule has 0 fully saturated rings. The van der Waals surface area contributed by atoms with Gasteiger partial charge in [-0.05, 0) is 31.4 Å². The number of aromatic nitrogens is 2. The highest BCUT2D eigenvalue weighted by molar-refractivity contribution is 6.44. The molecule has 1 aromatic heterocycles. The number of fused-ring (bicyclic) bond motifs is 1. The summed E-state index contributed by atoms with van der Waals surface area (Å²) in [6, 6.07) is 5.14. The van der Waals surface area contributed by atoms with Crippen molar-refractivity contribution in [3.8, 4) is 0 Å². The summed E-state index contributed by atoms with van der Waals surface area (Å²) in [6.07, 6.45) is 2.94. The predicted molar refractivity (Wildman–Crippen MR) is 79.6 cm³/mol. The lowest BCUT2D eigenvalue weighted by Crippen LogP contribution is -2.15. The van der Waals surface area contributed by atoms with E-state index in [1.807, 2.05) is 7.05 Å². The van der Waals surface area contributed by atoms with Gasteiger partial charge in [0.15, 0.2) is 5.69 Å². The lowest BCUT2D eigenvalue weighted by molar-refractivity contribution is 0.102. The molecule has 1 N–H and O–H groups in total. The van der Waals surface area contributed by atoms with Gasteiger partial charge in [-0.3, -0.25) is 9.48 Å². The van der Waals surface area contributed by atoms with E-state index < -0.39 is 0 Å². The van der Waals surface area contributed by atoms with Crippen LogP contribution in [0.2, 0.25) is 10.0 Å². The molecule has 0 aliphatic heterocycles. The number of nitrogens with zero attached hydrogens (tertiary/aromatic N) is 2. The normalized spacial score (nSPS) is 13.3. The van der Waals surface area contributed by atoms with Crippen LogP contribution in [-0.4, -0.2) is 15.7 Å². The Balaban J connectivity index is 1.91. The van der Waals surface area contributed by atoms with Gasteiger partial charge in [-0.2, -0.15) is 5.10 Å². The first-order chi connectivity index (χ1) is 9.58. The highest BCUT2D eigenvalue weighted by Gasteiger charge is 2.25. The van der Waals surface area contributed by atoms with Gasteiger partial charge in [0.1, 0.15) is 0 Å². The average molecular weight is 310 g/mol. The minimum absolute atomic E-state index is 0.243. The van der Waals surface area contributed by atoms with Gasteiger partial charge in [0.05, 0.1) is 15.7 Å². The van der Waals surface area contributed by atoms with E-state index in [1.54, 1.807) is 22.9 Å². The molecule has 1 aromatic carbocycles. The Bertz CT molecular complexity index is 694. The Hall–Kier alpha value is -1.52. The molecular formula is C14H13Cl2N3O. The molecule has 1 heterocycles. The van der Waals surface area contributed by atoms with Crippen molar-refractivity contribution in [2.24, 2.45) is 7.05 Å². The third-order valence-corrected chi connectivity index (χ3v) is 4.35. The molecule has 0 atom stereocenters. The van der Waals surface area contributed by atoms with Crippen molar-refractivity contribution in [1.29, 1.82) is 0 Å². The maximum absolute atomic E-state index is 12.4. The second-order valence-electron chi connectivity index (χ2n) is 4.81.